The van der Waals surface area contributed by atoms with Gasteiger partial charge in [0.25, 0.3) is 0 Å². The Morgan fingerprint density at radius 3 is 2.62 bits per heavy atom. The number of anilines is 1. The summed E-state index contributed by atoms with van der Waals surface area (Å²) in [6, 6.07) is 6.49. The van der Waals surface area contributed by atoms with Crippen molar-refractivity contribution in [1.82, 2.24) is 9.78 Å². The summed E-state index contributed by atoms with van der Waals surface area (Å²) < 4.78 is 15.1. The van der Waals surface area contributed by atoms with Crippen LogP contribution >= 0.6 is 0 Å². The molecule has 112 valence electrons. The summed E-state index contributed by atoms with van der Waals surface area (Å²) in [5, 5.41) is 7.86. The van der Waals surface area contributed by atoms with Gasteiger partial charge in [0, 0.05) is 19.0 Å². The fourth-order valence-corrected chi connectivity index (χ4v) is 3.08. The second-order valence-electron chi connectivity index (χ2n) is 5.53. The number of hydrogen-bond donors (Lipinski definition) is 2. The van der Waals surface area contributed by atoms with Crippen molar-refractivity contribution in [2.75, 3.05) is 18.4 Å². The molecule has 1 aliphatic rings. The van der Waals surface area contributed by atoms with E-state index in [2.05, 4.69) is 10.4 Å². The maximum atomic E-state index is 13.1. The Morgan fingerprint density at radius 1 is 1.24 bits per heavy atom. The van der Waals surface area contributed by atoms with E-state index in [4.69, 9.17) is 5.73 Å². The van der Waals surface area contributed by atoms with Crippen LogP contribution in [-0.2, 0) is 0 Å². The minimum absolute atomic E-state index is 0.227. The third-order valence-electron chi connectivity index (χ3n) is 4.08. The van der Waals surface area contributed by atoms with Gasteiger partial charge in [-0.2, -0.15) is 5.10 Å². The number of hydrogen-bond acceptors (Lipinski definition) is 3. The lowest BCUT2D eigenvalue weighted by atomic mass is 10.0. The first kappa shape index (κ1) is 14.1. The average Bonchev–Trinajstić information content (AvgIpc) is 3.14. The van der Waals surface area contributed by atoms with Gasteiger partial charge < -0.3 is 11.1 Å². The van der Waals surface area contributed by atoms with Gasteiger partial charge in [-0.25, -0.2) is 9.07 Å². The van der Waals surface area contributed by atoms with Gasteiger partial charge in [0.05, 0.1) is 23.3 Å². The minimum atomic E-state index is -0.227. The second kappa shape index (κ2) is 6.26. The van der Waals surface area contributed by atoms with Crippen molar-refractivity contribution < 1.29 is 4.39 Å². The summed E-state index contributed by atoms with van der Waals surface area (Å²) in [6.07, 6.45) is 6.74. The van der Waals surface area contributed by atoms with Gasteiger partial charge in [0.15, 0.2) is 0 Å². The molecule has 1 saturated carbocycles. The smallest absolute Gasteiger partial charge is 0.123 e. The van der Waals surface area contributed by atoms with E-state index in [0.29, 0.717) is 12.5 Å². The van der Waals surface area contributed by atoms with Crippen LogP contribution in [-0.4, -0.2) is 22.9 Å². The maximum absolute atomic E-state index is 13.1. The van der Waals surface area contributed by atoms with Gasteiger partial charge in [0.1, 0.15) is 5.82 Å². The molecule has 1 aromatic heterocycles. The van der Waals surface area contributed by atoms with Gasteiger partial charge >= 0.3 is 0 Å². The Kier molecular flexibility index (Phi) is 4.20. The molecular weight excluding hydrogens is 267 g/mol. The third kappa shape index (κ3) is 2.93. The summed E-state index contributed by atoms with van der Waals surface area (Å²) in [6.45, 7) is 1.32. The summed E-state index contributed by atoms with van der Waals surface area (Å²) in [5.74, 6) is 0.285. The van der Waals surface area contributed by atoms with Crippen LogP contribution < -0.4 is 11.1 Å². The van der Waals surface area contributed by atoms with Crippen LogP contribution in [0.4, 0.5) is 10.1 Å². The quantitative estimate of drug-likeness (QED) is 0.889. The van der Waals surface area contributed by atoms with Crippen molar-refractivity contribution in [2.24, 2.45) is 5.73 Å². The lowest BCUT2D eigenvalue weighted by Crippen LogP contribution is -2.15. The predicted octanol–water partition coefficient (Wildman–Crippen LogP) is 3.04. The molecule has 2 aromatic rings. The summed E-state index contributed by atoms with van der Waals surface area (Å²) in [7, 11) is 0. The Hall–Kier alpha value is -1.88. The SMILES string of the molecule is NCCNc1cnn(-c2ccc(F)cc2)c1C1CCCC1. The lowest BCUT2D eigenvalue weighted by Gasteiger charge is -2.16. The van der Waals surface area contributed by atoms with Crippen LogP contribution in [0.1, 0.15) is 37.3 Å². The van der Waals surface area contributed by atoms with E-state index in [9.17, 15) is 4.39 Å². The minimum Gasteiger partial charge on any atom is -0.381 e. The molecule has 1 aromatic carbocycles. The molecule has 3 rings (SSSR count). The number of rotatable bonds is 5. The molecule has 5 heteroatoms. The molecule has 1 fully saturated rings. The molecular formula is C16H21FN4. The molecule has 0 aliphatic heterocycles. The Bertz CT molecular complexity index is 585. The molecule has 0 radical (unpaired) electrons. The van der Waals surface area contributed by atoms with Crippen molar-refractivity contribution in [2.45, 2.75) is 31.6 Å². The molecule has 0 spiro atoms. The number of nitrogens with two attached hydrogens (primary N) is 1. The Morgan fingerprint density at radius 2 is 1.95 bits per heavy atom. The fourth-order valence-electron chi connectivity index (χ4n) is 3.08. The molecule has 1 aliphatic carbocycles. The third-order valence-corrected chi connectivity index (χ3v) is 4.08. The molecule has 4 nitrogen and oxygen atoms in total. The van der Waals surface area contributed by atoms with Crippen molar-refractivity contribution in [3.05, 3.63) is 42.0 Å². The van der Waals surface area contributed by atoms with Crippen LogP contribution in [0.15, 0.2) is 30.5 Å². The molecule has 1 heterocycles. The zero-order chi connectivity index (χ0) is 14.7. The van der Waals surface area contributed by atoms with Gasteiger partial charge in [-0.05, 0) is 37.1 Å². The first-order valence-corrected chi connectivity index (χ1v) is 7.57. The van der Waals surface area contributed by atoms with Crippen LogP contribution in [0.2, 0.25) is 0 Å². The van der Waals surface area contributed by atoms with Crippen LogP contribution in [0.5, 0.6) is 0 Å². The molecule has 0 saturated heterocycles. The van der Waals surface area contributed by atoms with Gasteiger partial charge in [-0.3, -0.25) is 0 Å². The van der Waals surface area contributed by atoms with E-state index in [1.54, 1.807) is 12.1 Å². The Labute approximate surface area is 124 Å². The van der Waals surface area contributed by atoms with Crippen molar-refractivity contribution in [3.63, 3.8) is 0 Å². The van der Waals surface area contributed by atoms with Crippen molar-refractivity contribution in [1.29, 1.82) is 0 Å². The molecule has 3 N–H and O–H groups in total. The molecule has 0 atom stereocenters. The maximum Gasteiger partial charge on any atom is 0.123 e. The van der Waals surface area contributed by atoms with E-state index in [1.165, 1.54) is 43.5 Å². The largest absolute Gasteiger partial charge is 0.381 e. The van der Waals surface area contributed by atoms with Gasteiger partial charge in [-0.15, -0.1) is 0 Å². The van der Waals surface area contributed by atoms with E-state index >= 15 is 0 Å². The van der Waals surface area contributed by atoms with E-state index < -0.39 is 0 Å². The molecule has 0 bridgehead atoms. The normalized spacial score (nSPS) is 15.5. The van der Waals surface area contributed by atoms with Gasteiger partial charge in [0.2, 0.25) is 0 Å². The molecule has 0 amide bonds. The van der Waals surface area contributed by atoms with E-state index in [0.717, 1.165) is 17.9 Å². The summed E-state index contributed by atoms with van der Waals surface area (Å²) >= 11 is 0. The average molecular weight is 288 g/mol. The van der Waals surface area contributed by atoms with E-state index in [1.807, 2.05) is 10.9 Å². The van der Waals surface area contributed by atoms with Crippen molar-refractivity contribution >= 4 is 5.69 Å². The number of halogens is 1. The number of nitrogens with zero attached hydrogens (tertiary/aromatic N) is 2. The van der Waals surface area contributed by atoms with Gasteiger partial charge in [-0.1, -0.05) is 12.8 Å². The summed E-state index contributed by atoms with van der Waals surface area (Å²) in [4.78, 5) is 0. The zero-order valence-corrected chi connectivity index (χ0v) is 12.1. The summed E-state index contributed by atoms with van der Waals surface area (Å²) in [5.41, 5.74) is 8.74. The van der Waals surface area contributed by atoms with Crippen LogP contribution in [0.25, 0.3) is 5.69 Å². The highest BCUT2D eigenvalue weighted by molar-refractivity contribution is 5.52. The van der Waals surface area contributed by atoms with Crippen LogP contribution in [0, 0.1) is 5.82 Å². The first-order chi connectivity index (χ1) is 10.3. The predicted molar refractivity (Wildman–Crippen MR) is 82.3 cm³/mol. The highest BCUT2D eigenvalue weighted by Gasteiger charge is 2.25. The standard InChI is InChI=1S/C16H21FN4/c17-13-5-7-14(8-6-13)21-16(12-3-1-2-4-12)15(11-20-21)19-10-9-18/h5-8,11-12,19H,1-4,9-10,18H2. The highest BCUT2D eigenvalue weighted by Crippen LogP contribution is 2.38. The topological polar surface area (TPSA) is 55.9 Å². The highest BCUT2D eigenvalue weighted by atomic mass is 19.1. The molecule has 21 heavy (non-hydrogen) atoms. The number of nitrogens with one attached hydrogen (secondary N) is 1. The van der Waals surface area contributed by atoms with Crippen molar-refractivity contribution in [3.8, 4) is 5.69 Å². The second-order valence-corrected chi connectivity index (χ2v) is 5.53. The van der Waals surface area contributed by atoms with Crippen LogP contribution in [0.3, 0.4) is 0 Å². The lowest BCUT2D eigenvalue weighted by molar-refractivity contribution is 0.624. The fraction of sp³-hybridized carbons (Fsp3) is 0.438. The van der Waals surface area contributed by atoms with E-state index in [-0.39, 0.29) is 5.82 Å². The Balaban J connectivity index is 1.98. The first-order valence-electron chi connectivity index (χ1n) is 7.57. The molecule has 0 unspecified atom stereocenters. The number of benzene rings is 1. The monoisotopic (exact) mass is 288 g/mol. The number of aromatic nitrogens is 2. The zero-order valence-electron chi connectivity index (χ0n) is 12.1.